The first kappa shape index (κ1) is 15.0. The Morgan fingerprint density at radius 1 is 1.55 bits per heavy atom. The molecule has 2 heterocycles. The molecule has 22 heavy (non-hydrogen) atoms. The molecule has 0 spiro atoms. The van der Waals surface area contributed by atoms with Crippen molar-refractivity contribution >= 4 is 17.0 Å². The number of hydrogen-bond donors (Lipinski definition) is 2. The summed E-state index contributed by atoms with van der Waals surface area (Å²) in [5, 5.41) is 16.5. The van der Waals surface area contributed by atoms with Gasteiger partial charge in [0.2, 0.25) is 0 Å². The maximum Gasteiger partial charge on any atom is 0.259 e. The number of fused-ring (bicyclic) bond motifs is 1. The van der Waals surface area contributed by atoms with Gasteiger partial charge in [0.15, 0.2) is 0 Å². The van der Waals surface area contributed by atoms with Crippen molar-refractivity contribution in [1.29, 1.82) is 0 Å². The highest BCUT2D eigenvalue weighted by molar-refractivity contribution is 6.06. The number of hydrogen-bond acceptors (Lipinski definition) is 5. The lowest BCUT2D eigenvalue weighted by atomic mass is 10.1. The minimum absolute atomic E-state index is 0.132. The third-order valence-electron chi connectivity index (χ3n) is 4.11. The van der Waals surface area contributed by atoms with Crippen molar-refractivity contribution in [2.45, 2.75) is 39.0 Å². The summed E-state index contributed by atoms with van der Waals surface area (Å²) in [5.74, 6) is 0.540. The second kappa shape index (κ2) is 6.04. The number of pyridine rings is 1. The van der Waals surface area contributed by atoms with Gasteiger partial charge >= 0.3 is 0 Å². The van der Waals surface area contributed by atoms with Gasteiger partial charge in [0.25, 0.3) is 11.6 Å². The lowest BCUT2D eigenvalue weighted by Crippen LogP contribution is -2.29. The van der Waals surface area contributed by atoms with Crippen molar-refractivity contribution in [3.8, 4) is 0 Å². The number of nitrogens with one attached hydrogen (secondary N) is 1. The van der Waals surface area contributed by atoms with Gasteiger partial charge in [-0.15, -0.1) is 0 Å². The molecule has 2 aromatic heterocycles. The zero-order chi connectivity index (χ0) is 15.7. The number of rotatable bonds is 6. The smallest absolute Gasteiger partial charge is 0.259 e. The third kappa shape index (κ3) is 2.97. The number of amides is 1. The van der Waals surface area contributed by atoms with Crippen molar-refractivity contribution in [1.82, 2.24) is 15.5 Å². The van der Waals surface area contributed by atoms with Gasteiger partial charge in [0.05, 0.1) is 16.6 Å². The Kier molecular flexibility index (Phi) is 4.11. The zero-order valence-electron chi connectivity index (χ0n) is 12.9. The van der Waals surface area contributed by atoms with Crippen LogP contribution >= 0.6 is 0 Å². The predicted octanol–water partition coefficient (Wildman–Crippen LogP) is 2.16. The Morgan fingerprint density at radius 2 is 2.32 bits per heavy atom. The van der Waals surface area contributed by atoms with Gasteiger partial charge in [-0.1, -0.05) is 12.1 Å². The molecule has 1 saturated carbocycles. The number of aliphatic hydroxyl groups is 1. The average Bonchev–Trinajstić information content (AvgIpc) is 3.29. The lowest BCUT2D eigenvalue weighted by molar-refractivity contribution is 0.0947. The molecule has 0 aromatic carbocycles. The molecule has 6 nitrogen and oxygen atoms in total. The van der Waals surface area contributed by atoms with E-state index in [9.17, 15) is 4.79 Å². The summed E-state index contributed by atoms with van der Waals surface area (Å²) < 4.78 is 5.25. The standard InChI is InChI=1S/C16H21N3O3/c1-9(5-6-20)8-17-15(21)12-7-13(11-3-4-11)18-16-14(12)10(2)19-22-16/h7,9,11,20H,3-6,8H2,1-2H3,(H,17,21). The van der Waals surface area contributed by atoms with Crippen LogP contribution in [0.4, 0.5) is 0 Å². The summed E-state index contributed by atoms with van der Waals surface area (Å²) in [6.45, 7) is 4.48. The van der Waals surface area contributed by atoms with E-state index < -0.39 is 0 Å². The van der Waals surface area contributed by atoms with Crippen LogP contribution in [-0.4, -0.2) is 34.3 Å². The first-order chi connectivity index (χ1) is 10.6. The molecule has 3 rings (SSSR count). The van der Waals surface area contributed by atoms with Gasteiger partial charge in [-0.25, -0.2) is 4.98 Å². The Balaban J connectivity index is 1.87. The van der Waals surface area contributed by atoms with Crippen LogP contribution in [0.3, 0.4) is 0 Å². The molecule has 1 fully saturated rings. The Bertz CT molecular complexity index is 691. The fourth-order valence-corrected chi connectivity index (χ4v) is 2.57. The Morgan fingerprint density at radius 3 is 3.00 bits per heavy atom. The van der Waals surface area contributed by atoms with Crippen LogP contribution in [0, 0.1) is 12.8 Å². The summed E-state index contributed by atoms with van der Waals surface area (Å²) in [6.07, 6.45) is 2.89. The van der Waals surface area contributed by atoms with E-state index in [0.29, 0.717) is 41.2 Å². The highest BCUT2D eigenvalue weighted by Gasteiger charge is 2.28. The summed E-state index contributed by atoms with van der Waals surface area (Å²) in [5.41, 5.74) is 2.62. The number of aromatic nitrogens is 2. The van der Waals surface area contributed by atoms with E-state index in [1.807, 2.05) is 19.9 Å². The Hall–Kier alpha value is -1.95. The molecular weight excluding hydrogens is 282 g/mol. The van der Waals surface area contributed by atoms with Crippen LogP contribution in [0.1, 0.15) is 53.8 Å². The fourth-order valence-electron chi connectivity index (χ4n) is 2.57. The van der Waals surface area contributed by atoms with E-state index >= 15 is 0 Å². The number of nitrogens with zero attached hydrogens (tertiary/aromatic N) is 2. The van der Waals surface area contributed by atoms with Crippen LogP contribution in [0.5, 0.6) is 0 Å². The molecule has 1 unspecified atom stereocenters. The molecule has 1 aliphatic rings. The summed E-state index contributed by atoms with van der Waals surface area (Å²) in [7, 11) is 0. The quantitative estimate of drug-likeness (QED) is 0.853. The van der Waals surface area contributed by atoms with Crippen molar-refractivity contribution in [2.75, 3.05) is 13.2 Å². The van der Waals surface area contributed by atoms with E-state index in [0.717, 1.165) is 18.5 Å². The highest BCUT2D eigenvalue weighted by Crippen LogP contribution is 2.40. The largest absolute Gasteiger partial charge is 0.396 e. The van der Waals surface area contributed by atoms with E-state index in [2.05, 4.69) is 15.5 Å². The van der Waals surface area contributed by atoms with Gasteiger partial charge in [-0.2, -0.15) is 0 Å². The van der Waals surface area contributed by atoms with Gasteiger partial charge in [0.1, 0.15) is 0 Å². The lowest BCUT2D eigenvalue weighted by Gasteiger charge is -2.12. The van der Waals surface area contributed by atoms with Crippen LogP contribution < -0.4 is 5.32 Å². The third-order valence-corrected chi connectivity index (χ3v) is 4.11. The topological polar surface area (TPSA) is 88.2 Å². The van der Waals surface area contributed by atoms with Crippen LogP contribution in [0.2, 0.25) is 0 Å². The van der Waals surface area contributed by atoms with Crippen molar-refractivity contribution < 1.29 is 14.4 Å². The van der Waals surface area contributed by atoms with Crippen LogP contribution in [-0.2, 0) is 0 Å². The second-order valence-electron chi connectivity index (χ2n) is 6.14. The number of aliphatic hydroxyl groups excluding tert-OH is 1. The second-order valence-corrected chi connectivity index (χ2v) is 6.14. The molecular formula is C16H21N3O3. The molecule has 118 valence electrons. The molecule has 0 radical (unpaired) electrons. The van der Waals surface area contributed by atoms with Gasteiger partial charge < -0.3 is 14.9 Å². The van der Waals surface area contributed by atoms with E-state index in [1.54, 1.807) is 0 Å². The van der Waals surface area contributed by atoms with Gasteiger partial charge in [-0.05, 0) is 38.2 Å². The summed E-state index contributed by atoms with van der Waals surface area (Å²) >= 11 is 0. The first-order valence-corrected chi connectivity index (χ1v) is 7.76. The molecule has 1 atom stereocenters. The van der Waals surface area contributed by atoms with Crippen LogP contribution in [0.25, 0.3) is 11.1 Å². The monoisotopic (exact) mass is 303 g/mol. The molecule has 2 aromatic rings. The molecule has 0 bridgehead atoms. The maximum absolute atomic E-state index is 12.5. The maximum atomic E-state index is 12.5. The SMILES string of the molecule is Cc1noc2nc(C3CC3)cc(C(=O)NCC(C)CCO)c12. The number of aryl methyl sites for hydroxylation is 1. The molecule has 1 aliphatic carbocycles. The molecule has 0 saturated heterocycles. The van der Waals surface area contributed by atoms with E-state index in [4.69, 9.17) is 9.63 Å². The number of carbonyl (C=O) groups excluding carboxylic acids is 1. The van der Waals surface area contributed by atoms with E-state index in [-0.39, 0.29) is 18.4 Å². The zero-order valence-corrected chi connectivity index (χ0v) is 12.9. The van der Waals surface area contributed by atoms with Crippen molar-refractivity contribution in [3.05, 3.63) is 23.0 Å². The summed E-state index contributed by atoms with van der Waals surface area (Å²) in [6, 6.07) is 1.87. The van der Waals surface area contributed by atoms with Crippen molar-refractivity contribution in [3.63, 3.8) is 0 Å². The van der Waals surface area contributed by atoms with Gasteiger partial charge in [0, 0.05) is 24.8 Å². The average molecular weight is 303 g/mol. The fraction of sp³-hybridized carbons (Fsp3) is 0.562. The minimum Gasteiger partial charge on any atom is -0.396 e. The number of carbonyl (C=O) groups is 1. The highest BCUT2D eigenvalue weighted by atomic mass is 16.5. The van der Waals surface area contributed by atoms with Gasteiger partial charge in [-0.3, -0.25) is 4.79 Å². The minimum atomic E-state index is -0.134. The van der Waals surface area contributed by atoms with Crippen molar-refractivity contribution in [2.24, 2.45) is 5.92 Å². The molecule has 0 aliphatic heterocycles. The first-order valence-electron chi connectivity index (χ1n) is 7.76. The van der Waals surface area contributed by atoms with E-state index in [1.165, 1.54) is 0 Å². The summed E-state index contributed by atoms with van der Waals surface area (Å²) in [4.78, 5) is 17.0. The molecule has 2 N–H and O–H groups in total. The molecule has 1 amide bonds. The molecule has 6 heteroatoms. The normalized spacial score (nSPS) is 16.0. The van der Waals surface area contributed by atoms with Crippen LogP contribution in [0.15, 0.2) is 10.6 Å². The predicted molar refractivity (Wildman–Crippen MR) is 81.7 cm³/mol. The Labute approximate surface area is 128 Å².